The molecule has 0 radical (unpaired) electrons. The molecular weight excluding hydrogens is 200 g/mol. The van der Waals surface area contributed by atoms with Crippen LogP contribution in [0.5, 0.6) is 0 Å². The van der Waals surface area contributed by atoms with E-state index >= 15 is 0 Å². The normalized spacial score (nSPS) is 18.2. The second-order valence-corrected chi connectivity index (χ2v) is 4.20. The Morgan fingerprint density at radius 3 is 3.12 bits per heavy atom. The van der Waals surface area contributed by atoms with E-state index in [0.717, 1.165) is 31.0 Å². The summed E-state index contributed by atoms with van der Waals surface area (Å²) in [4.78, 5) is 12.9. The molecule has 0 saturated heterocycles. The zero-order chi connectivity index (χ0) is 11.2. The lowest BCUT2D eigenvalue weighted by molar-refractivity contribution is 0.697. The Balaban J connectivity index is 1.97. The van der Waals surface area contributed by atoms with Crippen LogP contribution >= 0.6 is 0 Å². The van der Waals surface area contributed by atoms with Gasteiger partial charge in [0.2, 0.25) is 0 Å². The van der Waals surface area contributed by atoms with Gasteiger partial charge in [-0.2, -0.15) is 0 Å². The van der Waals surface area contributed by atoms with Crippen LogP contribution in [0.25, 0.3) is 0 Å². The van der Waals surface area contributed by atoms with Gasteiger partial charge in [-0.25, -0.2) is 0 Å². The van der Waals surface area contributed by atoms with Crippen LogP contribution < -0.4 is 5.32 Å². The summed E-state index contributed by atoms with van der Waals surface area (Å²) in [6.07, 6.45) is 8.58. The first-order valence-electron chi connectivity index (χ1n) is 5.89. The van der Waals surface area contributed by atoms with Crippen LogP contribution in [0.15, 0.2) is 23.6 Å². The van der Waals surface area contributed by atoms with Crippen molar-refractivity contribution in [1.82, 2.24) is 15.3 Å². The Hall–Kier alpha value is -1.45. The van der Waals surface area contributed by atoms with E-state index < -0.39 is 0 Å². The maximum atomic E-state index is 4.58. The van der Waals surface area contributed by atoms with Gasteiger partial charge in [0, 0.05) is 44.0 Å². The van der Waals surface area contributed by atoms with Crippen LogP contribution in [-0.2, 0) is 6.42 Å². The van der Waals surface area contributed by atoms with Gasteiger partial charge in [0.15, 0.2) is 0 Å². The summed E-state index contributed by atoms with van der Waals surface area (Å²) in [6.45, 7) is 4.18. The topological polar surface area (TPSA) is 50.2 Å². The number of hydrogen-bond donors (Lipinski definition) is 1. The minimum absolute atomic E-state index is 0.398. The molecule has 0 spiro atoms. The van der Waals surface area contributed by atoms with Crippen molar-refractivity contribution in [2.45, 2.75) is 26.2 Å². The quantitative estimate of drug-likeness (QED) is 0.835. The van der Waals surface area contributed by atoms with Crippen LogP contribution in [0.2, 0.25) is 0 Å². The molecule has 2 heterocycles. The highest BCUT2D eigenvalue weighted by atomic mass is 15.0. The highest BCUT2D eigenvalue weighted by Gasteiger charge is 2.13. The monoisotopic (exact) mass is 218 g/mol. The van der Waals surface area contributed by atoms with E-state index in [4.69, 9.17) is 0 Å². The largest absolute Gasteiger partial charge is 0.374 e. The van der Waals surface area contributed by atoms with E-state index in [1.165, 1.54) is 12.8 Å². The van der Waals surface area contributed by atoms with E-state index in [0.29, 0.717) is 5.92 Å². The molecule has 0 amide bonds. The number of hydrogen-bond acceptors (Lipinski definition) is 4. The molecule has 4 heteroatoms. The lowest BCUT2D eigenvalue weighted by Crippen LogP contribution is -2.30. The Morgan fingerprint density at radius 2 is 2.31 bits per heavy atom. The van der Waals surface area contributed by atoms with Gasteiger partial charge in [0.05, 0.1) is 11.5 Å². The summed E-state index contributed by atoms with van der Waals surface area (Å²) in [6, 6.07) is 0. The fourth-order valence-corrected chi connectivity index (χ4v) is 1.88. The van der Waals surface area contributed by atoms with Crippen LogP contribution in [0.3, 0.4) is 0 Å². The summed E-state index contributed by atoms with van der Waals surface area (Å²) in [7, 11) is 0. The van der Waals surface area contributed by atoms with Gasteiger partial charge < -0.3 is 5.32 Å². The fourth-order valence-electron chi connectivity index (χ4n) is 1.88. The standard InChI is InChI=1S/C12H18N4/c1-10(8-11-9-13-6-7-14-11)12-15-4-2-3-5-16-12/h6-7,9-10H,2-5,8H2,1H3,(H,15,16). The van der Waals surface area contributed by atoms with Gasteiger partial charge in [-0.15, -0.1) is 0 Å². The summed E-state index contributed by atoms with van der Waals surface area (Å²) in [5.74, 6) is 1.53. The Bertz CT molecular complexity index is 347. The smallest absolute Gasteiger partial charge is 0.0995 e. The molecule has 4 nitrogen and oxygen atoms in total. The van der Waals surface area contributed by atoms with Crippen molar-refractivity contribution in [3.05, 3.63) is 24.3 Å². The first-order valence-corrected chi connectivity index (χ1v) is 5.89. The highest BCUT2D eigenvalue weighted by molar-refractivity contribution is 5.84. The van der Waals surface area contributed by atoms with Crippen molar-refractivity contribution in [2.75, 3.05) is 13.1 Å². The van der Waals surface area contributed by atoms with Crippen molar-refractivity contribution < 1.29 is 0 Å². The molecule has 1 aliphatic heterocycles. The number of aliphatic imine (C=N–C) groups is 1. The molecule has 0 saturated carbocycles. The maximum Gasteiger partial charge on any atom is 0.0995 e. The van der Waals surface area contributed by atoms with Crippen LogP contribution in [0.4, 0.5) is 0 Å². The predicted molar refractivity (Wildman–Crippen MR) is 64.4 cm³/mol. The average Bonchev–Trinajstić information content (AvgIpc) is 2.59. The Labute approximate surface area is 96.2 Å². The number of rotatable bonds is 3. The summed E-state index contributed by atoms with van der Waals surface area (Å²) >= 11 is 0. The SMILES string of the molecule is CC(Cc1cnccn1)C1=NCCCCN1. The lowest BCUT2D eigenvalue weighted by atomic mass is 10.0. The third-order valence-corrected chi connectivity index (χ3v) is 2.77. The second-order valence-electron chi connectivity index (χ2n) is 4.20. The fraction of sp³-hybridized carbons (Fsp3) is 0.583. The third-order valence-electron chi connectivity index (χ3n) is 2.77. The summed E-state index contributed by atoms with van der Waals surface area (Å²) in [5, 5.41) is 3.40. The first-order chi connectivity index (χ1) is 7.86. The van der Waals surface area contributed by atoms with E-state index in [-0.39, 0.29) is 0 Å². The van der Waals surface area contributed by atoms with Crippen molar-refractivity contribution in [3.8, 4) is 0 Å². The molecule has 0 aromatic carbocycles. The molecule has 86 valence electrons. The molecule has 0 fully saturated rings. The molecule has 1 aliphatic rings. The van der Waals surface area contributed by atoms with E-state index in [2.05, 4.69) is 27.2 Å². The van der Waals surface area contributed by atoms with Gasteiger partial charge in [-0.1, -0.05) is 6.92 Å². The number of nitrogens with one attached hydrogen (secondary N) is 1. The van der Waals surface area contributed by atoms with Gasteiger partial charge in [0.1, 0.15) is 0 Å². The van der Waals surface area contributed by atoms with Gasteiger partial charge in [-0.05, 0) is 12.8 Å². The number of amidine groups is 1. The van der Waals surface area contributed by atoms with Crippen LogP contribution in [-0.4, -0.2) is 28.9 Å². The summed E-state index contributed by atoms with van der Waals surface area (Å²) in [5.41, 5.74) is 1.03. The van der Waals surface area contributed by atoms with Crippen molar-refractivity contribution in [2.24, 2.45) is 10.9 Å². The lowest BCUT2D eigenvalue weighted by Gasteiger charge is -2.14. The van der Waals surface area contributed by atoms with E-state index in [1.807, 2.05) is 6.20 Å². The van der Waals surface area contributed by atoms with Crippen molar-refractivity contribution in [1.29, 1.82) is 0 Å². The average molecular weight is 218 g/mol. The molecule has 2 rings (SSSR count). The van der Waals surface area contributed by atoms with Crippen LogP contribution in [0.1, 0.15) is 25.5 Å². The van der Waals surface area contributed by atoms with Gasteiger partial charge in [-0.3, -0.25) is 15.0 Å². The number of nitrogens with zero attached hydrogens (tertiary/aromatic N) is 3. The molecule has 1 unspecified atom stereocenters. The minimum Gasteiger partial charge on any atom is -0.374 e. The molecule has 1 aromatic heterocycles. The van der Waals surface area contributed by atoms with Crippen molar-refractivity contribution >= 4 is 5.84 Å². The summed E-state index contributed by atoms with van der Waals surface area (Å²) < 4.78 is 0. The minimum atomic E-state index is 0.398. The maximum absolute atomic E-state index is 4.58. The second kappa shape index (κ2) is 5.58. The molecule has 0 aliphatic carbocycles. The van der Waals surface area contributed by atoms with Crippen LogP contribution in [0, 0.1) is 5.92 Å². The number of aromatic nitrogens is 2. The Kier molecular flexibility index (Phi) is 3.86. The molecule has 1 atom stereocenters. The third kappa shape index (κ3) is 3.02. The Morgan fingerprint density at radius 1 is 1.38 bits per heavy atom. The van der Waals surface area contributed by atoms with Gasteiger partial charge in [0.25, 0.3) is 0 Å². The van der Waals surface area contributed by atoms with E-state index in [1.54, 1.807) is 12.4 Å². The highest BCUT2D eigenvalue weighted by Crippen LogP contribution is 2.08. The first kappa shape index (κ1) is 11.0. The molecule has 0 bridgehead atoms. The zero-order valence-electron chi connectivity index (χ0n) is 9.69. The predicted octanol–water partition coefficient (Wildman–Crippen LogP) is 1.44. The molecule has 16 heavy (non-hydrogen) atoms. The molecule has 1 N–H and O–H groups in total. The zero-order valence-corrected chi connectivity index (χ0v) is 9.69. The van der Waals surface area contributed by atoms with Crippen molar-refractivity contribution in [3.63, 3.8) is 0 Å². The van der Waals surface area contributed by atoms with Gasteiger partial charge >= 0.3 is 0 Å². The molecule has 1 aromatic rings. The molecular formula is C12H18N4. The van der Waals surface area contributed by atoms with E-state index in [9.17, 15) is 0 Å².